The van der Waals surface area contributed by atoms with Crippen molar-refractivity contribution in [2.24, 2.45) is 11.7 Å². The topological polar surface area (TPSA) is 63.0 Å². The minimum absolute atomic E-state index is 0.218. The fraction of sp³-hybridized carbons (Fsp3) is 0.800. The summed E-state index contributed by atoms with van der Waals surface area (Å²) < 4.78 is 0. The summed E-state index contributed by atoms with van der Waals surface area (Å²) in [6, 6.07) is 0. The second-order valence-electron chi connectivity index (χ2n) is 1.80. The summed E-state index contributed by atoms with van der Waals surface area (Å²) in [4.78, 5) is 10.2. The second-order valence-corrected chi connectivity index (χ2v) is 1.80. The summed E-state index contributed by atoms with van der Waals surface area (Å²) in [6.07, 6.45) is 0.356. The first-order valence-electron chi connectivity index (χ1n) is 2.56. The molecule has 0 saturated carbocycles. The molecule has 0 aromatic rings. The molecule has 0 aromatic heterocycles. The Hall–Kier alpha value is -0.570. The van der Waals surface area contributed by atoms with Crippen molar-refractivity contribution in [3.05, 3.63) is 0 Å². The van der Waals surface area contributed by atoms with E-state index >= 15 is 0 Å². The van der Waals surface area contributed by atoms with Gasteiger partial charge in [0.2, 0.25) is 5.91 Å². The molecule has 1 radical (unpaired) electrons. The lowest BCUT2D eigenvalue weighted by Crippen LogP contribution is -2.20. The molecule has 8 heavy (non-hydrogen) atoms. The molecule has 0 aliphatic rings. The molecule has 0 fully saturated rings. The molecule has 1 unspecified atom stereocenters. The fourth-order valence-corrected chi connectivity index (χ4v) is 0.319. The van der Waals surface area contributed by atoms with Gasteiger partial charge in [0.1, 0.15) is 0 Å². The van der Waals surface area contributed by atoms with Crippen LogP contribution >= 0.6 is 0 Å². The van der Waals surface area contributed by atoms with Gasteiger partial charge in [0.15, 0.2) is 0 Å². The second kappa shape index (κ2) is 3.43. The van der Waals surface area contributed by atoms with Crippen LogP contribution in [-0.2, 0) is 9.90 Å². The van der Waals surface area contributed by atoms with Crippen LogP contribution in [0.5, 0.6) is 0 Å². The third-order valence-corrected chi connectivity index (χ3v) is 1.04. The zero-order chi connectivity index (χ0) is 6.57. The van der Waals surface area contributed by atoms with Gasteiger partial charge in [-0.25, -0.2) is 5.11 Å². The summed E-state index contributed by atoms with van der Waals surface area (Å²) in [5.74, 6) is -0.645. The van der Waals surface area contributed by atoms with Gasteiger partial charge in [0, 0.05) is 5.92 Å². The van der Waals surface area contributed by atoms with E-state index in [-0.39, 0.29) is 18.4 Å². The average molecular weight is 116 g/mol. The maximum atomic E-state index is 10.2. The van der Waals surface area contributed by atoms with Crippen molar-refractivity contribution in [1.29, 1.82) is 0 Å². The summed E-state index contributed by atoms with van der Waals surface area (Å²) in [6.45, 7) is 1.43. The molecule has 0 aromatic carbocycles. The number of primary amides is 1. The highest BCUT2D eigenvalue weighted by atomic mass is 16.3. The van der Waals surface area contributed by atoms with E-state index in [1.807, 2.05) is 0 Å². The van der Waals surface area contributed by atoms with Crippen molar-refractivity contribution < 1.29 is 9.90 Å². The average Bonchev–Trinajstić information content (AvgIpc) is 1.67. The van der Waals surface area contributed by atoms with E-state index < -0.39 is 0 Å². The Balaban J connectivity index is 3.32. The first-order valence-corrected chi connectivity index (χ1v) is 2.56. The van der Waals surface area contributed by atoms with Gasteiger partial charge in [0.05, 0.1) is 6.61 Å². The summed E-state index contributed by atoms with van der Waals surface area (Å²) in [5, 5.41) is 9.84. The van der Waals surface area contributed by atoms with Crippen LogP contribution in [0, 0.1) is 5.92 Å². The van der Waals surface area contributed by atoms with E-state index in [2.05, 4.69) is 0 Å². The molecule has 0 bridgehead atoms. The first kappa shape index (κ1) is 7.43. The number of hydrogen-bond acceptors (Lipinski definition) is 1. The van der Waals surface area contributed by atoms with Crippen LogP contribution in [-0.4, -0.2) is 12.5 Å². The number of amides is 1. The van der Waals surface area contributed by atoms with Gasteiger partial charge < -0.3 is 5.73 Å². The van der Waals surface area contributed by atoms with Crippen LogP contribution in [0.25, 0.3) is 0 Å². The Morgan fingerprint density at radius 3 is 2.38 bits per heavy atom. The molecule has 0 heterocycles. The van der Waals surface area contributed by atoms with Gasteiger partial charge in [0.25, 0.3) is 0 Å². The molecule has 0 spiro atoms. The van der Waals surface area contributed by atoms with E-state index in [9.17, 15) is 9.90 Å². The van der Waals surface area contributed by atoms with E-state index in [1.165, 1.54) is 0 Å². The van der Waals surface area contributed by atoms with Gasteiger partial charge in [-0.15, -0.1) is 0 Å². The van der Waals surface area contributed by atoms with Gasteiger partial charge in [-0.2, -0.15) is 0 Å². The number of carbonyl (C=O) groups excluding carboxylic acids is 1. The minimum atomic E-state index is -0.388. The number of rotatable bonds is 3. The summed E-state index contributed by atoms with van der Waals surface area (Å²) >= 11 is 0. The highest BCUT2D eigenvalue weighted by Crippen LogP contribution is 1.97. The Labute approximate surface area is 48.5 Å². The third kappa shape index (κ3) is 2.58. The molecule has 3 nitrogen and oxygen atoms in total. The van der Waals surface area contributed by atoms with Crippen molar-refractivity contribution in [2.75, 3.05) is 6.61 Å². The molecule has 1 amide bonds. The monoisotopic (exact) mass is 116 g/mol. The van der Waals surface area contributed by atoms with Crippen LogP contribution in [0.2, 0.25) is 0 Å². The van der Waals surface area contributed by atoms with E-state index in [1.54, 1.807) is 6.92 Å². The predicted octanol–water partition coefficient (Wildman–Crippen LogP) is -0.0716. The van der Waals surface area contributed by atoms with Gasteiger partial charge in [-0.3, -0.25) is 4.79 Å². The van der Waals surface area contributed by atoms with Gasteiger partial charge in [-0.05, 0) is 6.42 Å². The molecule has 0 rings (SSSR count). The van der Waals surface area contributed by atoms with Crippen LogP contribution in [0.3, 0.4) is 0 Å². The highest BCUT2D eigenvalue weighted by molar-refractivity contribution is 5.76. The van der Waals surface area contributed by atoms with Crippen LogP contribution in [0.4, 0.5) is 0 Å². The lowest BCUT2D eigenvalue weighted by molar-refractivity contribution is -0.121. The highest BCUT2D eigenvalue weighted by Gasteiger charge is 2.05. The molecule has 3 heteroatoms. The molecular weight excluding hydrogens is 106 g/mol. The molecule has 0 aliphatic carbocycles. The minimum Gasteiger partial charge on any atom is -0.369 e. The lowest BCUT2D eigenvalue weighted by atomic mass is 10.1. The third-order valence-electron chi connectivity index (χ3n) is 1.04. The summed E-state index contributed by atoms with van der Waals surface area (Å²) in [7, 11) is 0. The Morgan fingerprint density at radius 1 is 1.75 bits per heavy atom. The van der Waals surface area contributed by atoms with Crippen molar-refractivity contribution in [2.45, 2.75) is 13.3 Å². The van der Waals surface area contributed by atoms with E-state index in [4.69, 9.17) is 5.73 Å². The van der Waals surface area contributed by atoms with E-state index in [0.29, 0.717) is 6.42 Å². The SMILES string of the molecule is CC(CC[O])C(N)=O. The summed E-state index contributed by atoms with van der Waals surface area (Å²) in [5.41, 5.74) is 4.84. The standard InChI is InChI=1S/C5H10NO2/c1-4(2-3-7)5(6)8/h4H,2-3H2,1H3,(H2,6,8). The molecule has 47 valence electrons. The smallest absolute Gasteiger partial charge is 0.220 e. The predicted molar refractivity (Wildman–Crippen MR) is 28.5 cm³/mol. The number of carbonyl (C=O) groups is 1. The zero-order valence-electron chi connectivity index (χ0n) is 4.89. The molecule has 2 N–H and O–H groups in total. The van der Waals surface area contributed by atoms with Crippen LogP contribution in [0.1, 0.15) is 13.3 Å². The normalized spacial score (nSPS) is 13.2. The van der Waals surface area contributed by atoms with Crippen molar-refractivity contribution in [1.82, 2.24) is 0 Å². The molecular formula is C5H10NO2. The first-order chi connectivity index (χ1) is 3.68. The van der Waals surface area contributed by atoms with Crippen LogP contribution in [0.15, 0.2) is 0 Å². The molecule has 1 atom stereocenters. The molecule has 0 aliphatic heterocycles. The number of nitrogens with two attached hydrogens (primary N) is 1. The maximum absolute atomic E-state index is 10.2. The van der Waals surface area contributed by atoms with Crippen molar-refractivity contribution in [3.8, 4) is 0 Å². The van der Waals surface area contributed by atoms with Crippen molar-refractivity contribution in [3.63, 3.8) is 0 Å². The zero-order valence-corrected chi connectivity index (χ0v) is 4.89. The molecule has 0 saturated heterocycles. The quantitative estimate of drug-likeness (QED) is 0.551. The fourth-order valence-electron chi connectivity index (χ4n) is 0.319. The van der Waals surface area contributed by atoms with Crippen molar-refractivity contribution >= 4 is 5.91 Å². The lowest BCUT2D eigenvalue weighted by Gasteiger charge is -2.00. The van der Waals surface area contributed by atoms with Gasteiger partial charge in [-0.1, -0.05) is 6.92 Å². The van der Waals surface area contributed by atoms with Crippen LogP contribution < -0.4 is 5.73 Å². The largest absolute Gasteiger partial charge is 0.369 e. The Bertz CT molecular complexity index is 82.5. The Kier molecular flexibility index (Phi) is 3.19. The maximum Gasteiger partial charge on any atom is 0.220 e. The number of hydrogen-bond donors (Lipinski definition) is 1. The van der Waals surface area contributed by atoms with Gasteiger partial charge >= 0.3 is 0 Å². The Morgan fingerprint density at radius 2 is 2.25 bits per heavy atom. The van der Waals surface area contributed by atoms with E-state index in [0.717, 1.165) is 0 Å².